The van der Waals surface area contributed by atoms with Gasteiger partial charge in [-0.15, -0.1) is 0 Å². The Bertz CT molecular complexity index is 1020. The standard InChI is InChI=1S/C20H19F3N4O3/c1-18-8-13(26-25-2)19(30-18)5-6-29-17-15(19)14(18)16(28)27(17)11-4-3-10(9-24)12(7-11)20(21,22)23/h3-4,7,14-15,17,25H,5-6,8H2,1-2H3/t14-,15+,17+,18-,19+/m1/s1. The molecule has 158 valence electrons. The number of nitrogens with one attached hydrogen (secondary N) is 1. The Balaban J connectivity index is 1.62. The van der Waals surface area contributed by atoms with Crippen LogP contribution in [0.3, 0.4) is 0 Å². The van der Waals surface area contributed by atoms with Gasteiger partial charge in [0.05, 0.1) is 47.0 Å². The minimum absolute atomic E-state index is 0.0675. The number of hydrazone groups is 1. The minimum Gasteiger partial charge on any atom is -0.361 e. The maximum Gasteiger partial charge on any atom is 0.417 e. The van der Waals surface area contributed by atoms with Gasteiger partial charge in [0.25, 0.3) is 0 Å². The zero-order valence-electron chi connectivity index (χ0n) is 16.3. The van der Waals surface area contributed by atoms with Crippen molar-refractivity contribution in [3.05, 3.63) is 29.3 Å². The van der Waals surface area contributed by atoms with Gasteiger partial charge in [-0.3, -0.25) is 9.69 Å². The second kappa shape index (κ2) is 5.95. The van der Waals surface area contributed by atoms with Crippen LogP contribution in [-0.2, 0) is 20.4 Å². The molecule has 4 heterocycles. The molecular formula is C20H19F3N4O3. The number of alkyl halides is 3. The van der Waals surface area contributed by atoms with E-state index in [0.29, 0.717) is 19.4 Å². The zero-order valence-corrected chi connectivity index (χ0v) is 16.3. The number of fused-ring (bicyclic) bond motifs is 2. The molecule has 7 nitrogen and oxygen atoms in total. The first-order valence-corrected chi connectivity index (χ1v) is 9.66. The molecule has 1 amide bonds. The molecule has 0 unspecified atom stereocenters. The predicted octanol–water partition coefficient (Wildman–Crippen LogP) is 2.41. The lowest BCUT2D eigenvalue weighted by Gasteiger charge is -2.42. The molecule has 5 rings (SSSR count). The van der Waals surface area contributed by atoms with Crippen LogP contribution >= 0.6 is 0 Å². The van der Waals surface area contributed by atoms with Crippen molar-refractivity contribution in [1.29, 1.82) is 5.26 Å². The molecule has 4 saturated heterocycles. The van der Waals surface area contributed by atoms with Gasteiger partial charge in [-0.25, -0.2) is 0 Å². The van der Waals surface area contributed by atoms with Crippen LogP contribution in [0.15, 0.2) is 23.3 Å². The van der Waals surface area contributed by atoms with Gasteiger partial charge in [0, 0.05) is 25.6 Å². The van der Waals surface area contributed by atoms with Crippen molar-refractivity contribution in [2.24, 2.45) is 16.9 Å². The first-order chi connectivity index (χ1) is 14.2. The van der Waals surface area contributed by atoms with Crippen LogP contribution in [0.4, 0.5) is 18.9 Å². The molecule has 4 aliphatic heterocycles. The second-order valence-electron chi connectivity index (χ2n) is 8.33. The van der Waals surface area contributed by atoms with Crippen LogP contribution in [0.25, 0.3) is 0 Å². The van der Waals surface area contributed by atoms with Crippen molar-refractivity contribution < 1.29 is 27.4 Å². The average molecular weight is 420 g/mol. The number of carbonyl (C=O) groups excluding carboxylic acids is 1. The maximum absolute atomic E-state index is 13.5. The van der Waals surface area contributed by atoms with Gasteiger partial charge in [-0.2, -0.15) is 23.5 Å². The summed E-state index contributed by atoms with van der Waals surface area (Å²) in [7, 11) is 1.69. The second-order valence-corrected chi connectivity index (χ2v) is 8.33. The van der Waals surface area contributed by atoms with Gasteiger partial charge in [-0.05, 0) is 25.1 Å². The van der Waals surface area contributed by atoms with Gasteiger partial charge in [-0.1, -0.05) is 0 Å². The van der Waals surface area contributed by atoms with E-state index in [1.807, 2.05) is 6.92 Å². The van der Waals surface area contributed by atoms with E-state index in [4.69, 9.17) is 14.7 Å². The van der Waals surface area contributed by atoms with E-state index in [2.05, 4.69) is 10.5 Å². The Morgan fingerprint density at radius 3 is 2.83 bits per heavy atom. The number of ether oxygens (including phenoxy) is 2. The molecule has 0 saturated carbocycles. The molecule has 4 fully saturated rings. The molecule has 1 aromatic rings. The zero-order chi connectivity index (χ0) is 21.5. The Labute approximate surface area is 170 Å². The van der Waals surface area contributed by atoms with Crippen LogP contribution in [-0.4, -0.2) is 42.7 Å². The Morgan fingerprint density at radius 2 is 2.17 bits per heavy atom. The molecule has 0 aliphatic carbocycles. The van der Waals surface area contributed by atoms with Crippen LogP contribution < -0.4 is 10.3 Å². The van der Waals surface area contributed by atoms with E-state index in [1.165, 1.54) is 11.0 Å². The number of nitrogens with zero attached hydrogens (tertiary/aromatic N) is 3. The number of anilines is 1. The number of carbonyl (C=O) groups is 1. The highest BCUT2D eigenvalue weighted by Crippen LogP contribution is 2.64. The summed E-state index contributed by atoms with van der Waals surface area (Å²) < 4.78 is 52.8. The van der Waals surface area contributed by atoms with Crippen LogP contribution in [0.2, 0.25) is 0 Å². The molecule has 1 N–H and O–H groups in total. The lowest BCUT2D eigenvalue weighted by Crippen LogP contribution is -2.55. The number of nitriles is 1. The predicted molar refractivity (Wildman–Crippen MR) is 98.3 cm³/mol. The number of amides is 1. The highest BCUT2D eigenvalue weighted by Gasteiger charge is 2.77. The molecule has 1 aromatic carbocycles. The summed E-state index contributed by atoms with van der Waals surface area (Å²) in [5, 5.41) is 13.4. The third-order valence-corrected chi connectivity index (χ3v) is 6.76. The molecule has 10 heteroatoms. The summed E-state index contributed by atoms with van der Waals surface area (Å²) in [6.45, 7) is 2.15. The quantitative estimate of drug-likeness (QED) is 0.743. The summed E-state index contributed by atoms with van der Waals surface area (Å²) in [5.41, 5.74) is 0.554. The van der Waals surface area contributed by atoms with Gasteiger partial charge in [0.2, 0.25) is 5.91 Å². The summed E-state index contributed by atoms with van der Waals surface area (Å²) in [6.07, 6.45) is -4.46. The van der Waals surface area contributed by atoms with E-state index >= 15 is 0 Å². The van der Waals surface area contributed by atoms with Crippen molar-refractivity contribution in [2.75, 3.05) is 18.6 Å². The van der Waals surface area contributed by atoms with Crippen LogP contribution in [0.1, 0.15) is 30.9 Å². The number of hydrogen-bond donors (Lipinski definition) is 1. The molecule has 5 atom stereocenters. The number of benzene rings is 1. The summed E-state index contributed by atoms with van der Waals surface area (Å²) in [5.74, 6) is -1.23. The van der Waals surface area contributed by atoms with Crippen LogP contribution in [0, 0.1) is 23.2 Å². The van der Waals surface area contributed by atoms with E-state index in [9.17, 15) is 18.0 Å². The Kier molecular flexibility index (Phi) is 3.84. The average Bonchev–Trinajstić information content (AvgIpc) is 3.25. The minimum atomic E-state index is -4.71. The van der Waals surface area contributed by atoms with Crippen LogP contribution in [0.5, 0.6) is 0 Å². The number of hydrogen-bond acceptors (Lipinski definition) is 6. The fourth-order valence-corrected chi connectivity index (χ4v) is 5.75. The van der Waals surface area contributed by atoms with Crippen molar-refractivity contribution in [3.8, 4) is 6.07 Å². The molecule has 0 aromatic heterocycles. The van der Waals surface area contributed by atoms with Crippen molar-refractivity contribution in [3.63, 3.8) is 0 Å². The van der Waals surface area contributed by atoms with E-state index in [1.54, 1.807) is 13.1 Å². The third-order valence-electron chi connectivity index (χ3n) is 6.76. The maximum atomic E-state index is 13.5. The summed E-state index contributed by atoms with van der Waals surface area (Å²) >= 11 is 0. The van der Waals surface area contributed by atoms with Crippen molar-refractivity contribution in [2.45, 2.75) is 43.4 Å². The fraction of sp³-hybridized carbons (Fsp3) is 0.550. The number of halogens is 3. The van der Waals surface area contributed by atoms with Crippen molar-refractivity contribution in [1.82, 2.24) is 5.43 Å². The molecule has 0 radical (unpaired) electrons. The lowest BCUT2D eigenvalue weighted by molar-refractivity contribution is -0.138. The monoisotopic (exact) mass is 420 g/mol. The van der Waals surface area contributed by atoms with E-state index < -0.39 is 40.7 Å². The Hall–Kier alpha value is -2.64. The van der Waals surface area contributed by atoms with Gasteiger partial charge >= 0.3 is 6.18 Å². The SMILES string of the molecule is CNN=C1C[C@@]2(C)O[C@@]13CCO[C@H]1[C@@H]3[C@@H]2C(=O)N1c1ccc(C#N)c(C(F)(F)F)c1. The molecule has 4 aliphatic rings. The highest BCUT2D eigenvalue weighted by molar-refractivity contribution is 6.06. The number of rotatable bonds is 2. The lowest BCUT2D eigenvalue weighted by atomic mass is 9.65. The van der Waals surface area contributed by atoms with E-state index in [0.717, 1.165) is 17.8 Å². The largest absolute Gasteiger partial charge is 0.417 e. The molecule has 30 heavy (non-hydrogen) atoms. The van der Waals surface area contributed by atoms with Gasteiger partial charge in [0.15, 0.2) is 0 Å². The smallest absolute Gasteiger partial charge is 0.361 e. The van der Waals surface area contributed by atoms with Gasteiger partial charge < -0.3 is 14.9 Å². The topological polar surface area (TPSA) is 87.0 Å². The summed E-state index contributed by atoms with van der Waals surface area (Å²) in [6, 6.07) is 4.89. The molecule has 1 spiro atoms. The Morgan fingerprint density at radius 1 is 1.40 bits per heavy atom. The first-order valence-electron chi connectivity index (χ1n) is 9.66. The van der Waals surface area contributed by atoms with Gasteiger partial charge in [0.1, 0.15) is 11.8 Å². The highest BCUT2D eigenvalue weighted by atomic mass is 19.4. The fourth-order valence-electron chi connectivity index (χ4n) is 5.75. The normalized spacial score (nSPS) is 38.1. The van der Waals surface area contributed by atoms with Crippen molar-refractivity contribution >= 4 is 17.3 Å². The summed E-state index contributed by atoms with van der Waals surface area (Å²) in [4.78, 5) is 14.8. The molecule has 2 bridgehead atoms. The first kappa shape index (κ1) is 19.3. The molecular weight excluding hydrogens is 401 g/mol. The third kappa shape index (κ3) is 2.27. The van der Waals surface area contributed by atoms with E-state index in [-0.39, 0.29) is 17.5 Å².